The highest BCUT2D eigenvalue weighted by molar-refractivity contribution is 5.86. The monoisotopic (exact) mass is 170 g/mol. The molecule has 12 heavy (non-hydrogen) atoms. The van der Waals surface area contributed by atoms with Crippen LogP contribution in [0.25, 0.3) is 0 Å². The van der Waals surface area contributed by atoms with E-state index in [-0.39, 0.29) is 0 Å². The third-order valence-corrected chi connectivity index (χ3v) is 0.880. The Kier molecular flexibility index (Phi) is 4.36. The molecule has 2 amide bonds. The van der Waals surface area contributed by atoms with Crippen molar-refractivity contribution in [2.24, 2.45) is 10.7 Å². The van der Waals surface area contributed by atoms with E-state index in [1.165, 1.54) is 0 Å². The molecular weight excluding hydrogens is 160 g/mol. The zero-order valence-electron chi connectivity index (χ0n) is 6.69. The van der Waals surface area contributed by atoms with Crippen LogP contribution in [-0.2, 0) is 9.53 Å². The lowest BCUT2D eigenvalue weighted by Crippen LogP contribution is -2.16. The number of rotatable bonds is 3. The number of aliphatic imine (C=N–C) groups is 1. The molecule has 5 heteroatoms. The molecule has 2 N–H and O–H groups in total. The van der Waals surface area contributed by atoms with Gasteiger partial charge in [-0.2, -0.15) is 0 Å². The van der Waals surface area contributed by atoms with Gasteiger partial charge >= 0.3 is 12.0 Å². The van der Waals surface area contributed by atoms with Gasteiger partial charge in [0.1, 0.15) is 6.10 Å². The summed E-state index contributed by atoms with van der Waals surface area (Å²) in [6.07, 6.45) is 1.58. The summed E-state index contributed by atoms with van der Waals surface area (Å²) in [7, 11) is 0. The fraction of sp³-hybridized carbons (Fsp3) is 0.286. The first-order valence-electron chi connectivity index (χ1n) is 3.23. The smallest absolute Gasteiger partial charge is 0.338 e. The minimum absolute atomic E-state index is 0.571. The summed E-state index contributed by atoms with van der Waals surface area (Å²) in [6, 6.07) is -0.823. The van der Waals surface area contributed by atoms with E-state index in [0.717, 1.165) is 12.3 Å². The first-order valence-corrected chi connectivity index (χ1v) is 3.23. The molecule has 0 saturated heterocycles. The molecule has 0 heterocycles. The summed E-state index contributed by atoms with van der Waals surface area (Å²) < 4.78 is 4.64. The van der Waals surface area contributed by atoms with Crippen molar-refractivity contribution < 1.29 is 14.3 Å². The number of hydrogen-bond acceptors (Lipinski definition) is 3. The topological polar surface area (TPSA) is 81.8 Å². The van der Waals surface area contributed by atoms with Crippen LogP contribution in [0.15, 0.2) is 17.6 Å². The molecule has 0 spiro atoms. The minimum Gasteiger partial charge on any atom is -0.454 e. The van der Waals surface area contributed by atoms with Crippen LogP contribution in [0, 0.1) is 0 Å². The van der Waals surface area contributed by atoms with Crippen molar-refractivity contribution in [3.05, 3.63) is 12.7 Å². The van der Waals surface area contributed by atoms with Gasteiger partial charge in [0.05, 0.1) is 6.21 Å². The van der Waals surface area contributed by atoms with Gasteiger partial charge in [-0.05, 0) is 6.92 Å². The van der Waals surface area contributed by atoms with Crippen molar-refractivity contribution >= 4 is 18.2 Å². The van der Waals surface area contributed by atoms with Gasteiger partial charge in [0.15, 0.2) is 0 Å². The predicted molar refractivity (Wildman–Crippen MR) is 43.8 cm³/mol. The molecule has 0 radical (unpaired) electrons. The van der Waals surface area contributed by atoms with Crippen molar-refractivity contribution in [1.82, 2.24) is 0 Å². The molecule has 0 aromatic carbocycles. The number of carbonyl (C=O) groups is 2. The summed E-state index contributed by atoms with van der Waals surface area (Å²) in [6.45, 7) is 4.75. The van der Waals surface area contributed by atoms with Crippen LogP contribution in [0.3, 0.4) is 0 Å². The lowest BCUT2D eigenvalue weighted by molar-refractivity contribution is -0.139. The largest absolute Gasteiger partial charge is 0.454 e. The molecule has 0 bridgehead atoms. The van der Waals surface area contributed by atoms with Crippen LogP contribution in [0.1, 0.15) is 6.92 Å². The van der Waals surface area contributed by atoms with Gasteiger partial charge in [0.2, 0.25) is 0 Å². The highest BCUT2D eigenvalue weighted by Crippen LogP contribution is 1.88. The number of ether oxygens (including phenoxy) is 1. The van der Waals surface area contributed by atoms with E-state index in [1.54, 1.807) is 6.92 Å². The quantitative estimate of drug-likeness (QED) is 0.374. The van der Waals surface area contributed by atoms with Gasteiger partial charge in [-0.1, -0.05) is 6.58 Å². The summed E-state index contributed by atoms with van der Waals surface area (Å²) in [5, 5.41) is 0. The fourth-order valence-corrected chi connectivity index (χ4v) is 0.440. The summed E-state index contributed by atoms with van der Waals surface area (Å²) >= 11 is 0. The number of nitrogens with two attached hydrogens (primary N) is 1. The van der Waals surface area contributed by atoms with Crippen molar-refractivity contribution in [2.45, 2.75) is 13.0 Å². The normalized spacial score (nSPS) is 12.4. The summed E-state index contributed by atoms with van der Waals surface area (Å²) in [4.78, 5) is 23.9. The third kappa shape index (κ3) is 5.16. The lowest BCUT2D eigenvalue weighted by Gasteiger charge is -2.04. The Hall–Kier alpha value is -1.65. The molecular formula is C7H10N2O3. The molecule has 5 nitrogen and oxygen atoms in total. The Morgan fingerprint density at radius 1 is 1.67 bits per heavy atom. The molecule has 1 atom stereocenters. The number of primary amides is 1. The van der Waals surface area contributed by atoms with E-state index in [4.69, 9.17) is 5.73 Å². The molecule has 0 aliphatic carbocycles. The molecule has 0 aromatic heterocycles. The van der Waals surface area contributed by atoms with Crippen LogP contribution in [0.4, 0.5) is 4.79 Å². The SMILES string of the molecule is C=CC(=O)OC(C)C=NC(N)=O. The molecule has 0 fully saturated rings. The Morgan fingerprint density at radius 2 is 2.25 bits per heavy atom. The number of urea groups is 1. The first kappa shape index (κ1) is 10.3. The fourth-order valence-electron chi connectivity index (χ4n) is 0.440. The van der Waals surface area contributed by atoms with E-state index in [0.29, 0.717) is 0 Å². The Bertz CT molecular complexity index is 223. The second-order valence-electron chi connectivity index (χ2n) is 1.96. The van der Waals surface area contributed by atoms with Crippen molar-refractivity contribution in [2.75, 3.05) is 0 Å². The number of carbonyl (C=O) groups excluding carboxylic acids is 2. The Balaban J connectivity index is 3.88. The van der Waals surface area contributed by atoms with Crippen LogP contribution in [-0.4, -0.2) is 24.3 Å². The maximum absolute atomic E-state index is 10.5. The molecule has 0 aromatic rings. The van der Waals surface area contributed by atoms with E-state index in [1.807, 2.05) is 0 Å². The van der Waals surface area contributed by atoms with Crippen LogP contribution >= 0.6 is 0 Å². The average Bonchev–Trinajstić information content (AvgIpc) is 2.00. The Morgan fingerprint density at radius 3 is 2.67 bits per heavy atom. The maximum atomic E-state index is 10.5. The zero-order chi connectivity index (χ0) is 9.56. The molecule has 1 unspecified atom stereocenters. The summed E-state index contributed by atoms with van der Waals surface area (Å²) in [5.74, 6) is -0.571. The number of esters is 1. The lowest BCUT2D eigenvalue weighted by atomic mass is 10.4. The van der Waals surface area contributed by atoms with Gasteiger partial charge in [-0.25, -0.2) is 14.6 Å². The van der Waals surface area contributed by atoms with Crippen LogP contribution in [0.2, 0.25) is 0 Å². The van der Waals surface area contributed by atoms with Gasteiger partial charge in [0, 0.05) is 6.08 Å². The number of nitrogens with zero attached hydrogens (tertiary/aromatic N) is 1. The summed E-state index contributed by atoms with van der Waals surface area (Å²) in [5.41, 5.74) is 4.71. The van der Waals surface area contributed by atoms with E-state index in [9.17, 15) is 9.59 Å². The Labute approximate surface area is 69.9 Å². The van der Waals surface area contributed by atoms with Gasteiger partial charge < -0.3 is 10.5 Å². The van der Waals surface area contributed by atoms with Gasteiger partial charge in [0.25, 0.3) is 0 Å². The third-order valence-electron chi connectivity index (χ3n) is 0.880. The molecule has 0 aliphatic heterocycles. The highest BCUT2D eigenvalue weighted by Gasteiger charge is 2.02. The van der Waals surface area contributed by atoms with Gasteiger partial charge in [-0.3, -0.25) is 0 Å². The standard InChI is InChI=1S/C7H10N2O3/c1-3-6(10)12-5(2)4-9-7(8)11/h3-5H,1H2,2H3,(H2,8,11). The zero-order valence-corrected chi connectivity index (χ0v) is 6.69. The van der Waals surface area contributed by atoms with E-state index < -0.39 is 18.1 Å². The molecule has 0 saturated carbocycles. The van der Waals surface area contributed by atoms with Crippen molar-refractivity contribution in [3.63, 3.8) is 0 Å². The minimum atomic E-state index is -0.823. The van der Waals surface area contributed by atoms with Crippen molar-refractivity contribution in [3.8, 4) is 0 Å². The average molecular weight is 170 g/mol. The van der Waals surface area contributed by atoms with Crippen LogP contribution in [0.5, 0.6) is 0 Å². The van der Waals surface area contributed by atoms with Gasteiger partial charge in [-0.15, -0.1) is 0 Å². The molecule has 0 rings (SSSR count). The second-order valence-corrected chi connectivity index (χ2v) is 1.96. The van der Waals surface area contributed by atoms with E-state index >= 15 is 0 Å². The molecule has 0 aliphatic rings. The number of amides is 2. The van der Waals surface area contributed by atoms with E-state index in [2.05, 4.69) is 16.3 Å². The molecule has 66 valence electrons. The predicted octanol–water partition coefficient (Wildman–Crippen LogP) is 0.254. The first-order chi connectivity index (χ1) is 5.56. The van der Waals surface area contributed by atoms with Crippen molar-refractivity contribution in [1.29, 1.82) is 0 Å². The second kappa shape index (κ2) is 5.06. The van der Waals surface area contributed by atoms with Crippen LogP contribution < -0.4 is 5.73 Å². The maximum Gasteiger partial charge on any atom is 0.338 e. The highest BCUT2D eigenvalue weighted by atomic mass is 16.5. The number of hydrogen-bond donors (Lipinski definition) is 1.